The maximum absolute atomic E-state index is 13.0. The minimum absolute atomic E-state index is 0.0630. The zero-order chi connectivity index (χ0) is 14.4. The van der Waals surface area contributed by atoms with Crippen LogP contribution in [0.4, 0.5) is 0 Å². The molecule has 114 valence electrons. The van der Waals surface area contributed by atoms with Crippen LogP contribution in [0.2, 0.25) is 18.1 Å². The fourth-order valence-corrected chi connectivity index (χ4v) is 8.17. The largest absolute Gasteiger partial charge is 0.519 e. The molecule has 4 fully saturated rings. The van der Waals surface area contributed by atoms with Crippen molar-refractivity contribution in [3.05, 3.63) is 0 Å². The molecular formula is C17H30O2Si. The summed E-state index contributed by atoms with van der Waals surface area (Å²) < 4.78 is 6.27. The summed E-state index contributed by atoms with van der Waals surface area (Å²) in [5, 5.41) is 0. The summed E-state index contributed by atoms with van der Waals surface area (Å²) in [4.78, 5) is 13.0. The number of carbonyl (C=O) groups excluding carboxylic acids is 1. The van der Waals surface area contributed by atoms with Crippen molar-refractivity contribution in [1.29, 1.82) is 0 Å². The van der Waals surface area contributed by atoms with Crippen molar-refractivity contribution in [3.8, 4) is 0 Å². The molecule has 4 aliphatic carbocycles. The van der Waals surface area contributed by atoms with Gasteiger partial charge in [-0.3, -0.25) is 4.79 Å². The quantitative estimate of drug-likeness (QED) is 0.684. The molecule has 0 N–H and O–H groups in total. The Morgan fingerprint density at radius 1 is 0.950 bits per heavy atom. The van der Waals surface area contributed by atoms with E-state index in [9.17, 15) is 4.79 Å². The Labute approximate surface area is 124 Å². The molecule has 0 unspecified atom stereocenters. The highest BCUT2D eigenvalue weighted by Gasteiger charge is 2.56. The summed E-state index contributed by atoms with van der Waals surface area (Å²) in [6.07, 6.45) is 7.59. The van der Waals surface area contributed by atoms with E-state index in [1.807, 2.05) is 0 Å². The molecule has 0 atom stereocenters. The van der Waals surface area contributed by atoms with Crippen LogP contribution < -0.4 is 0 Å². The molecule has 0 saturated heterocycles. The molecule has 4 rings (SSSR count). The Hall–Kier alpha value is -0.313. The molecule has 0 spiro atoms. The number of hydrogen-bond donors (Lipinski definition) is 0. The van der Waals surface area contributed by atoms with Crippen LogP contribution in [0.5, 0.6) is 0 Å². The Morgan fingerprint density at radius 2 is 1.35 bits per heavy atom. The Kier molecular flexibility index (Phi) is 3.76. The highest BCUT2D eigenvalue weighted by atomic mass is 28.4. The molecule has 0 amide bonds. The van der Waals surface area contributed by atoms with E-state index >= 15 is 0 Å². The third kappa shape index (κ3) is 2.26. The van der Waals surface area contributed by atoms with Gasteiger partial charge in [0.25, 0.3) is 14.3 Å². The second kappa shape index (κ2) is 5.15. The average molecular weight is 295 g/mol. The van der Waals surface area contributed by atoms with Crippen molar-refractivity contribution in [3.63, 3.8) is 0 Å². The first-order valence-corrected chi connectivity index (χ1v) is 11.3. The maximum Gasteiger partial charge on any atom is 0.298 e. The van der Waals surface area contributed by atoms with Gasteiger partial charge in [-0.05, 0) is 74.4 Å². The van der Waals surface area contributed by atoms with Crippen LogP contribution >= 0.6 is 0 Å². The highest BCUT2D eigenvalue weighted by Crippen LogP contribution is 2.60. The van der Waals surface area contributed by atoms with Crippen LogP contribution in [0.1, 0.15) is 59.3 Å². The smallest absolute Gasteiger partial charge is 0.298 e. The lowest BCUT2D eigenvalue weighted by molar-refractivity contribution is -0.162. The van der Waals surface area contributed by atoms with Gasteiger partial charge in [-0.1, -0.05) is 20.8 Å². The molecule has 0 aliphatic heterocycles. The second-order valence-electron chi connectivity index (χ2n) is 7.83. The van der Waals surface area contributed by atoms with E-state index in [4.69, 9.17) is 4.43 Å². The van der Waals surface area contributed by atoms with E-state index in [1.165, 1.54) is 19.3 Å². The van der Waals surface area contributed by atoms with E-state index in [0.717, 1.165) is 55.1 Å². The molecular weight excluding hydrogens is 264 g/mol. The van der Waals surface area contributed by atoms with Gasteiger partial charge in [-0.25, -0.2) is 0 Å². The number of carbonyl (C=O) groups is 1. The topological polar surface area (TPSA) is 26.3 Å². The van der Waals surface area contributed by atoms with Gasteiger partial charge >= 0.3 is 0 Å². The Balaban J connectivity index is 1.77. The minimum atomic E-state index is -1.78. The number of hydrogen-bond acceptors (Lipinski definition) is 2. The van der Waals surface area contributed by atoms with Crippen LogP contribution in [-0.2, 0) is 9.22 Å². The van der Waals surface area contributed by atoms with Gasteiger partial charge in [0.15, 0.2) is 0 Å². The molecule has 4 bridgehead atoms. The van der Waals surface area contributed by atoms with Gasteiger partial charge in [0.1, 0.15) is 0 Å². The summed E-state index contributed by atoms with van der Waals surface area (Å²) >= 11 is 0. The number of rotatable bonds is 5. The fraction of sp³-hybridized carbons (Fsp3) is 0.941. The standard InChI is InChI=1S/C17H30O2Si/c1-4-20(5-2,6-3)19-16(18)17-10-13-7-14(11-17)9-15(8-13)12-17/h13-15H,4-12H2,1-3H3. The molecule has 4 saturated carbocycles. The third-order valence-corrected chi connectivity index (χ3v) is 11.2. The van der Waals surface area contributed by atoms with Crippen LogP contribution in [0.15, 0.2) is 0 Å². The van der Waals surface area contributed by atoms with Gasteiger partial charge in [0, 0.05) is 0 Å². The predicted molar refractivity (Wildman–Crippen MR) is 83.9 cm³/mol. The molecule has 0 heterocycles. The lowest BCUT2D eigenvalue weighted by atomic mass is 9.49. The second-order valence-corrected chi connectivity index (χ2v) is 12.5. The Morgan fingerprint density at radius 3 is 1.70 bits per heavy atom. The summed E-state index contributed by atoms with van der Waals surface area (Å²) in [5.74, 6) is 2.70. The van der Waals surface area contributed by atoms with E-state index in [0.29, 0.717) is 0 Å². The van der Waals surface area contributed by atoms with Crippen molar-refractivity contribution < 1.29 is 9.22 Å². The predicted octanol–water partition coefficient (Wildman–Crippen LogP) is 4.75. The monoisotopic (exact) mass is 294 g/mol. The van der Waals surface area contributed by atoms with Crippen molar-refractivity contribution in [2.45, 2.75) is 77.4 Å². The lowest BCUT2D eigenvalue weighted by Crippen LogP contribution is -2.53. The van der Waals surface area contributed by atoms with Crippen LogP contribution in [0, 0.1) is 23.2 Å². The summed E-state index contributed by atoms with van der Waals surface area (Å²) in [6.45, 7) is 6.64. The highest BCUT2D eigenvalue weighted by molar-refractivity contribution is 6.75. The van der Waals surface area contributed by atoms with Gasteiger partial charge in [0.2, 0.25) is 0 Å². The maximum atomic E-state index is 13.0. The van der Waals surface area contributed by atoms with Gasteiger partial charge < -0.3 is 4.43 Å². The molecule has 4 aliphatic rings. The van der Waals surface area contributed by atoms with Gasteiger partial charge in [0.05, 0.1) is 5.41 Å². The van der Waals surface area contributed by atoms with Crippen LogP contribution in [0.3, 0.4) is 0 Å². The SMILES string of the molecule is CC[Si](CC)(CC)OC(=O)C12CC3CC(CC(C3)C1)C2. The van der Waals surface area contributed by atoms with E-state index in [-0.39, 0.29) is 11.4 Å². The van der Waals surface area contributed by atoms with Crippen molar-refractivity contribution in [2.24, 2.45) is 23.2 Å². The Bertz CT molecular complexity index is 343. The first-order valence-electron chi connectivity index (χ1n) is 8.78. The van der Waals surface area contributed by atoms with Crippen molar-refractivity contribution in [2.75, 3.05) is 0 Å². The summed E-state index contributed by atoms with van der Waals surface area (Å²) in [7, 11) is -1.78. The molecule has 0 aromatic rings. The first-order chi connectivity index (χ1) is 9.54. The zero-order valence-corrected chi connectivity index (χ0v) is 14.4. The van der Waals surface area contributed by atoms with Crippen molar-refractivity contribution in [1.82, 2.24) is 0 Å². The molecule has 20 heavy (non-hydrogen) atoms. The van der Waals surface area contributed by atoms with Gasteiger partial charge in [-0.15, -0.1) is 0 Å². The molecule has 0 aromatic carbocycles. The minimum Gasteiger partial charge on any atom is -0.519 e. The molecule has 0 aromatic heterocycles. The van der Waals surface area contributed by atoms with Crippen LogP contribution in [-0.4, -0.2) is 14.3 Å². The third-order valence-electron chi connectivity index (χ3n) is 6.71. The van der Waals surface area contributed by atoms with Crippen LogP contribution in [0.25, 0.3) is 0 Å². The zero-order valence-electron chi connectivity index (χ0n) is 13.4. The first kappa shape index (κ1) is 14.6. The molecule has 2 nitrogen and oxygen atoms in total. The van der Waals surface area contributed by atoms with E-state index in [1.54, 1.807) is 0 Å². The van der Waals surface area contributed by atoms with Crippen molar-refractivity contribution >= 4 is 14.3 Å². The molecule has 3 heteroatoms. The fourth-order valence-electron chi connectivity index (χ4n) is 5.63. The lowest BCUT2D eigenvalue weighted by Gasteiger charge is -2.55. The summed E-state index contributed by atoms with van der Waals surface area (Å²) in [5.41, 5.74) is -0.0630. The normalized spacial score (nSPS) is 39.0. The van der Waals surface area contributed by atoms with E-state index < -0.39 is 8.32 Å². The summed E-state index contributed by atoms with van der Waals surface area (Å²) in [6, 6.07) is 3.24. The average Bonchev–Trinajstić information content (AvgIpc) is 2.43. The van der Waals surface area contributed by atoms with E-state index in [2.05, 4.69) is 20.8 Å². The van der Waals surface area contributed by atoms with Gasteiger partial charge in [-0.2, -0.15) is 0 Å². The molecule has 0 radical (unpaired) electrons.